The number of hydrogen-bond donors (Lipinski definition) is 1. The van der Waals surface area contributed by atoms with Gasteiger partial charge < -0.3 is 14.6 Å². The van der Waals surface area contributed by atoms with Crippen molar-refractivity contribution in [2.45, 2.75) is 18.9 Å². The molecule has 17 heavy (non-hydrogen) atoms. The van der Waals surface area contributed by atoms with Crippen molar-refractivity contribution >= 4 is 11.6 Å². The monoisotopic (exact) mass is 256 g/mol. The van der Waals surface area contributed by atoms with Crippen LogP contribution in [0.15, 0.2) is 18.2 Å². The van der Waals surface area contributed by atoms with E-state index >= 15 is 0 Å². The van der Waals surface area contributed by atoms with E-state index in [1.54, 1.807) is 19.2 Å². The molecule has 0 aliphatic carbocycles. The van der Waals surface area contributed by atoms with E-state index in [1.165, 1.54) is 0 Å². The summed E-state index contributed by atoms with van der Waals surface area (Å²) in [6.07, 6.45) is 1.26. The second kappa shape index (κ2) is 5.71. The van der Waals surface area contributed by atoms with E-state index < -0.39 is 6.10 Å². The molecule has 0 aromatic heterocycles. The standard InChI is InChI=1S/C13H17ClO3/c1-16-12-8-10(14)2-3-11(12)13(15)9-4-6-17-7-5-9/h2-3,8-9,13,15H,4-7H2,1H3. The second-order valence-electron chi connectivity index (χ2n) is 4.28. The van der Waals surface area contributed by atoms with Crippen molar-refractivity contribution in [3.05, 3.63) is 28.8 Å². The van der Waals surface area contributed by atoms with Crippen LogP contribution in [0.5, 0.6) is 5.75 Å². The minimum Gasteiger partial charge on any atom is -0.496 e. The van der Waals surface area contributed by atoms with Gasteiger partial charge in [-0.25, -0.2) is 0 Å². The number of methoxy groups -OCH3 is 1. The Morgan fingerprint density at radius 3 is 2.76 bits per heavy atom. The van der Waals surface area contributed by atoms with Crippen LogP contribution in [-0.4, -0.2) is 25.4 Å². The zero-order chi connectivity index (χ0) is 12.3. The van der Waals surface area contributed by atoms with E-state index in [-0.39, 0.29) is 5.92 Å². The molecule has 2 rings (SSSR count). The predicted octanol–water partition coefficient (Wildman–Crippen LogP) is 2.81. The first-order chi connectivity index (χ1) is 8.22. The van der Waals surface area contributed by atoms with Crippen molar-refractivity contribution in [3.63, 3.8) is 0 Å². The van der Waals surface area contributed by atoms with Gasteiger partial charge in [0.25, 0.3) is 0 Å². The fourth-order valence-corrected chi connectivity index (χ4v) is 2.38. The maximum Gasteiger partial charge on any atom is 0.126 e. The van der Waals surface area contributed by atoms with Gasteiger partial charge in [-0.1, -0.05) is 17.7 Å². The molecule has 0 bridgehead atoms. The van der Waals surface area contributed by atoms with Crippen molar-refractivity contribution in [3.8, 4) is 5.75 Å². The Labute approximate surface area is 106 Å². The summed E-state index contributed by atoms with van der Waals surface area (Å²) in [4.78, 5) is 0. The Bertz CT molecular complexity index is 375. The van der Waals surface area contributed by atoms with Gasteiger partial charge in [0, 0.05) is 23.8 Å². The van der Waals surface area contributed by atoms with Crippen LogP contribution in [0.25, 0.3) is 0 Å². The zero-order valence-electron chi connectivity index (χ0n) is 9.86. The summed E-state index contributed by atoms with van der Waals surface area (Å²) in [7, 11) is 1.59. The minimum atomic E-state index is -0.508. The smallest absolute Gasteiger partial charge is 0.126 e. The van der Waals surface area contributed by atoms with Crippen LogP contribution in [0.1, 0.15) is 24.5 Å². The fourth-order valence-electron chi connectivity index (χ4n) is 2.21. The molecule has 1 fully saturated rings. The van der Waals surface area contributed by atoms with Gasteiger partial charge in [0.05, 0.1) is 13.2 Å². The van der Waals surface area contributed by atoms with Crippen molar-refractivity contribution < 1.29 is 14.6 Å². The average molecular weight is 257 g/mol. The minimum absolute atomic E-state index is 0.235. The topological polar surface area (TPSA) is 38.7 Å². The van der Waals surface area contributed by atoms with Crippen LogP contribution in [0.4, 0.5) is 0 Å². The highest BCUT2D eigenvalue weighted by Gasteiger charge is 2.25. The number of hydrogen-bond acceptors (Lipinski definition) is 3. The molecule has 94 valence electrons. The number of halogens is 1. The normalized spacial score (nSPS) is 19.0. The van der Waals surface area contributed by atoms with E-state index in [9.17, 15) is 5.11 Å². The molecule has 1 unspecified atom stereocenters. The van der Waals surface area contributed by atoms with Crippen LogP contribution in [0.3, 0.4) is 0 Å². The molecule has 0 spiro atoms. The number of rotatable bonds is 3. The molecule has 1 heterocycles. The summed E-state index contributed by atoms with van der Waals surface area (Å²) in [5.74, 6) is 0.885. The lowest BCUT2D eigenvalue weighted by Gasteiger charge is -2.27. The van der Waals surface area contributed by atoms with Gasteiger partial charge in [-0.3, -0.25) is 0 Å². The highest BCUT2D eigenvalue weighted by Crippen LogP contribution is 2.36. The summed E-state index contributed by atoms with van der Waals surface area (Å²) in [6, 6.07) is 5.35. The number of aliphatic hydroxyl groups is 1. The Balaban J connectivity index is 2.19. The van der Waals surface area contributed by atoms with E-state index in [0.29, 0.717) is 10.8 Å². The van der Waals surface area contributed by atoms with Crippen LogP contribution < -0.4 is 4.74 Å². The van der Waals surface area contributed by atoms with Crippen molar-refractivity contribution in [1.29, 1.82) is 0 Å². The van der Waals surface area contributed by atoms with E-state index in [2.05, 4.69) is 0 Å². The lowest BCUT2D eigenvalue weighted by Crippen LogP contribution is -2.22. The molecule has 1 saturated heterocycles. The summed E-state index contributed by atoms with van der Waals surface area (Å²) in [5, 5.41) is 11.0. The van der Waals surface area contributed by atoms with E-state index in [4.69, 9.17) is 21.1 Å². The summed E-state index contributed by atoms with van der Waals surface area (Å²) in [6.45, 7) is 1.44. The lowest BCUT2D eigenvalue weighted by molar-refractivity contribution is 0.00637. The molecule has 1 aromatic carbocycles. The highest BCUT2D eigenvalue weighted by atomic mass is 35.5. The third-order valence-electron chi connectivity index (χ3n) is 3.23. The average Bonchev–Trinajstić information content (AvgIpc) is 2.39. The van der Waals surface area contributed by atoms with Gasteiger partial charge in [0.2, 0.25) is 0 Å². The summed E-state index contributed by atoms with van der Waals surface area (Å²) < 4.78 is 10.6. The molecular formula is C13H17ClO3. The molecule has 1 aromatic rings. The molecule has 1 aliphatic rings. The van der Waals surface area contributed by atoms with E-state index in [1.807, 2.05) is 6.07 Å². The molecule has 3 nitrogen and oxygen atoms in total. The quantitative estimate of drug-likeness (QED) is 0.904. The Hall–Kier alpha value is -0.770. The largest absolute Gasteiger partial charge is 0.496 e. The first kappa shape index (κ1) is 12.7. The number of benzene rings is 1. The molecule has 0 radical (unpaired) electrons. The van der Waals surface area contributed by atoms with Gasteiger partial charge in [0.15, 0.2) is 0 Å². The molecule has 0 amide bonds. The van der Waals surface area contributed by atoms with Crippen molar-refractivity contribution in [2.24, 2.45) is 5.92 Å². The van der Waals surface area contributed by atoms with Crippen LogP contribution in [-0.2, 0) is 4.74 Å². The molecule has 1 aliphatic heterocycles. The predicted molar refractivity (Wildman–Crippen MR) is 66.5 cm³/mol. The zero-order valence-corrected chi connectivity index (χ0v) is 10.6. The lowest BCUT2D eigenvalue weighted by atomic mass is 9.89. The third kappa shape index (κ3) is 2.92. The molecule has 1 N–H and O–H groups in total. The van der Waals surface area contributed by atoms with Crippen molar-refractivity contribution in [1.82, 2.24) is 0 Å². The Morgan fingerprint density at radius 1 is 1.41 bits per heavy atom. The molecule has 0 saturated carbocycles. The molecule has 4 heteroatoms. The van der Waals surface area contributed by atoms with Gasteiger partial charge in [-0.05, 0) is 30.9 Å². The van der Waals surface area contributed by atoms with Gasteiger partial charge in [0.1, 0.15) is 5.75 Å². The van der Waals surface area contributed by atoms with Gasteiger partial charge >= 0.3 is 0 Å². The maximum absolute atomic E-state index is 10.4. The fraction of sp³-hybridized carbons (Fsp3) is 0.538. The van der Waals surface area contributed by atoms with Crippen LogP contribution in [0, 0.1) is 5.92 Å². The SMILES string of the molecule is COc1cc(Cl)ccc1C(O)C1CCOCC1. The van der Waals surface area contributed by atoms with Crippen molar-refractivity contribution in [2.75, 3.05) is 20.3 Å². The number of ether oxygens (including phenoxy) is 2. The summed E-state index contributed by atoms with van der Waals surface area (Å²) in [5.41, 5.74) is 0.809. The first-order valence-corrected chi connectivity index (χ1v) is 6.19. The highest BCUT2D eigenvalue weighted by molar-refractivity contribution is 6.30. The van der Waals surface area contributed by atoms with Crippen LogP contribution >= 0.6 is 11.6 Å². The maximum atomic E-state index is 10.4. The molecule has 1 atom stereocenters. The summed E-state index contributed by atoms with van der Waals surface area (Å²) >= 11 is 5.90. The second-order valence-corrected chi connectivity index (χ2v) is 4.72. The first-order valence-electron chi connectivity index (χ1n) is 5.81. The Kier molecular flexibility index (Phi) is 4.26. The van der Waals surface area contributed by atoms with Gasteiger partial charge in [-0.2, -0.15) is 0 Å². The van der Waals surface area contributed by atoms with Gasteiger partial charge in [-0.15, -0.1) is 0 Å². The van der Waals surface area contributed by atoms with Crippen LogP contribution in [0.2, 0.25) is 5.02 Å². The number of aliphatic hydroxyl groups excluding tert-OH is 1. The Morgan fingerprint density at radius 2 is 2.12 bits per heavy atom. The molecular weight excluding hydrogens is 240 g/mol. The third-order valence-corrected chi connectivity index (χ3v) is 3.46. The van der Waals surface area contributed by atoms with E-state index in [0.717, 1.165) is 31.6 Å².